The minimum atomic E-state index is -0.800. The summed E-state index contributed by atoms with van der Waals surface area (Å²) in [6, 6.07) is -0.800. The predicted octanol–water partition coefficient (Wildman–Crippen LogP) is 1.99. The summed E-state index contributed by atoms with van der Waals surface area (Å²) < 4.78 is 4.94. The Bertz CT molecular complexity index is 492. The van der Waals surface area contributed by atoms with Crippen molar-refractivity contribution in [2.24, 2.45) is 5.92 Å². The topological polar surface area (TPSA) is 92.8 Å². The van der Waals surface area contributed by atoms with Gasteiger partial charge in [0.1, 0.15) is 12.5 Å². The molecule has 0 aromatic rings. The van der Waals surface area contributed by atoms with Crippen LogP contribution in [-0.2, 0) is 23.9 Å². The molecule has 2 unspecified atom stereocenters. The molecular weight excluding hydrogens is 356 g/mol. The van der Waals surface area contributed by atoms with Gasteiger partial charge < -0.3 is 15.0 Å². The van der Waals surface area contributed by atoms with Crippen molar-refractivity contribution in [2.45, 2.75) is 66.5 Å². The van der Waals surface area contributed by atoms with E-state index in [2.05, 4.69) is 5.32 Å². The lowest BCUT2D eigenvalue weighted by molar-refractivity contribution is -0.148. The Balaban J connectivity index is 4.89. The molecule has 0 spiro atoms. The lowest BCUT2D eigenvalue weighted by atomic mass is 10.1. The van der Waals surface area contributed by atoms with Gasteiger partial charge in [0, 0.05) is 24.8 Å². The fraction of sp³-hybridized carbons (Fsp3) is 0.778. The lowest BCUT2D eigenvalue weighted by Gasteiger charge is -2.26. The molecule has 1 N–H and O–H groups in total. The minimum Gasteiger partial charge on any atom is -0.463 e. The lowest BCUT2D eigenvalue weighted by Crippen LogP contribution is -2.51. The van der Waals surface area contributed by atoms with Gasteiger partial charge in [-0.15, -0.1) is 0 Å². The second kappa shape index (κ2) is 12.7. The van der Waals surface area contributed by atoms with Crippen LogP contribution in [0.25, 0.3) is 0 Å². The normalized spacial score (nSPS) is 13.0. The summed E-state index contributed by atoms with van der Waals surface area (Å²) in [6.45, 7) is 11.8. The Hall–Kier alpha value is -1.57. The van der Waals surface area contributed by atoms with Gasteiger partial charge in [-0.2, -0.15) is 0 Å². The highest BCUT2D eigenvalue weighted by Crippen LogP contribution is 2.12. The van der Waals surface area contributed by atoms with Crippen molar-refractivity contribution in [3.63, 3.8) is 0 Å². The van der Waals surface area contributed by atoms with Gasteiger partial charge in [-0.3, -0.25) is 19.2 Å². The quantitative estimate of drug-likeness (QED) is 0.430. The number of carbonyl (C=O) groups excluding carboxylic acids is 4. The van der Waals surface area contributed by atoms with Gasteiger partial charge in [0.25, 0.3) is 0 Å². The molecule has 0 aromatic carbocycles. The molecule has 0 aliphatic carbocycles. The van der Waals surface area contributed by atoms with Crippen molar-refractivity contribution < 1.29 is 23.9 Å². The smallest absolute Gasteiger partial charge is 0.314 e. The van der Waals surface area contributed by atoms with Crippen molar-refractivity contribution in [3.05, 3.63) is 0 Å². The first-order valence-corrected chi connectivity index (χ1v) is 10.1. The van der Waals surface area contributed by atoms with Gasteiger partial charge in [-0.05, 0) is 34.1 Å². The molecule has 0 fully saturated rings. The molecule has 0 rings (SSSR count). The van der Waals surface area contributed by atoms with E-state index in [1.54, 1.807) is 25.7 Å². The minimum absolute atomic E-state index is 0.0886. The number of thioether (sulfide) groups is 1. The van der Waals surface area contributed by atoms with E-state index in [0.717, 1.165) is 11.8 Å². The molecule has 8 heteroatoms. The number of ether oxygens (including phenoxy) is 1. The number of amides is 2. The molecule has 150 valence electrons. The molecule has 0 heterocycles. The molecule has 7 nitrogen and oxygen atoms in total. The number of hydrogen-bond donors (Lipinski definition) is 1. The van der Waals surface area contributed by atoms with Crippen LogP contribution in [0, 0.1) is 5.92 Å². The molecule has 0 bridgehead atoms. The van der Waals surface area contributed by atoms with E-state index in [0.29, 0.717) is 19.5 Å². The molecule has 2 atom stereocenters. The molecule has 2 amide bonds. The highest BCUT2D eigenvalue weighted by molar-refractivity contribution is 8.13. The summed E-state index contributed by atoms with van der Waals surface area (Å²) in [5, 5.41) is 2.35. The molecule has 0 aliphatic heterocycles. The summed E-state index contributed by atoms with van der Waals surface area (Å²) in [6.07, 6.45) is 0.0199. The Morgan fingerprint density at radius 3 is 2.08 bits per heavy atom. The third-order valence-corrected chi connectivity index (χ3v) is 4.78. The van der Waals surface area contributed by atoms with E-state index in [1.807, 2.05) is 20.8 Å². The zero-order chi connectivity index (χ0) is 20.3. The second-order valence-corrected chi connectivity index (χ2v) is 7.36. The van der Waals surface area contributed by atoms with Crippen LogP contribution in [0.4, 0.5) is 0 Å². The van der Waals surface area contributed by atoms with Crippen LogP contribution in [-0.4, -0.2) is 58.8 Å². The Morgan fingerprint density at radius 1 is 1.04 bits per heavy atom. The zero-order valence-electron chi connectivity index (χ0n) is 16.7. The number of hydrogen-bond acceptors (Lipinski definition) is 6. The monoisotopic (exact) mass is 388 g/mol. The molecule has 26 heavy (non-hydrogen) atoms. The number of likely N-dealkylation sites (N-methyl/N-ethyl adjacent to an activating group) is 1. The molecule has 0 saturated heterocycles. The Labute approximate surface area is 160 Å². The maximum absolute atomic E-state index is 12.6. The Kier molecular flexibility index (Phi) is 12.0. The fourth-order valence-electron chi connectivity index (χ4n) is 2.08. The van der Waals surface area contributed by atoms with Gasteiger partial charge in [-0.25, -0.2) is 0 Å². The van der Waals surface area contributed by atoms with Crippen LogP contribution in [0.3, 0.4) is 0 Å². The van der Waals surface area contributed by atoms with Gasteiger partial charge >= 0.3 is 5.97 Å². The van der Waals surface area contributed by atoms with Crippen LogP contribution >= 0.6 is 11.8 Å². The Morgan fingerprint density at radius 2 is 1.62 bits per heavy atom. The van der Waals surface area contributed by atoms with E-state index in [1.165, 1.54) is 0 Å². The summed E-state index contributed by atoms with van der Waals surface area (Å²) >= 11 is 0.866. The number of nitrogens with one attached hydrogen (secondary N) is 1. The number of nitrogens with zero attached hydrogens (tertiary/aromatic N) is 1. The third kappa shape index (κ3) is 9.22. The van der Waals surface area contributed by atoms with Crippen LogP contribution in [0.5, 0.6) is 0 Å². The van der Waals surface area contributed by atoms with Gasteiger partial charge in [0.05, 0.1) is 6.10 Å². The third-order valence-electron chi connectivity index (χ3n) is 3.82. The predicted molar refractivity (Wildman–Crippen MR) is 103 cm³/mol. The highest BCUT2D eigenvalue weighted by Gasteiger charge is 2.27. The van der Waals surface area contributed by atoms with Crippen molar-refractivity contribution >= 4 is 34.7 Å². The van der Waals surface area contributed by atoms with Crippen molar-refractivity contribution in [2.75, 3.05) is 18.8 Å². The molecule has 0 aromatic heterocycles. The van der Waals surface area contributed by atoms with Crippen LogP contribution in [0.2, 0.25) is 0 Å². The van der Waals surface area contributed by atoms with Crippen LogP contribution < -0.4 is 5.32 Å². The van der Waals surface area contributed by atoms with Crippen LogP contribution in [0.15, 0.2) is 0 Å². The first-order chi connectivity index (χ1) is 12.2. The molecule has 0 radical (unpaired) electrons. The molecule has 0 aliphatic rings. The first kappa shape index (κ1) is 24.4. The van der Waals surface area contributed by atoms with Gasteiger partial charge in [0.15, 0.2) is 5.12 Å². The maximum Gasteiger partial charge on any atom is 0.314 e. The van der Waals surface area contributed by atoms with Crippen LogP contribution in [0.1, 0.15) is 54.4 Å². The van der Waals surface area contributed by atoms with E-state index < -0.39 is 12.0 Å². The van der Waals surface area contributed by atoms with E-state index in [9.17, 15) is 19.2 Å². The molecule has 0 saturated carbocycles. The SMILES string of the molecule is CCC(C)C(=O)NC(CSC(=O)CC(=O)OC(C)C)C(=O)N(CC)CC. The summed E-state index contributed by atoms with van der Waals surface area (Å²) in [5.41, 5.74) is 0. The first-order valence-electron chi connectivity index (χ1n) is 9.10. The van der Waals surface area contributed by atoms with E-state index >= 15 is 0 Å². The molecular formula is C18H32N2O5S. The van der Waals surface area contributed by atoms with Gasteiger partial charge in [-0.1, -0.05) is 25.6 Å². The fourth-order valence-corrected chi connectivity index (χ4v) is 2.88. The van der Waals surface area contributed by atoms with Crippen molar-refractivity contribution in [3.8, 4) is 0 Å². The summed E-state index contributed by atoms with van der Waals surface area (Å²) in [5.74, 6) is -1.16. The number of carbonyl (C=O) groups is 4. The zero-order valence-corrected chi connectivity index (χ0v) is 17.5. The largest absolute Gasteiger partial charge is 0.463 e. The average Bonchev–Trinajstić information content (AvgIpc) is 2.57. The van der Waals surface area contributed by atoms with Crippen molar-refractivity contribution in [1.29, 1.82) is 0 Å². The second-order valence-electron chi connectivity index (χ2n) is 6.28. The highest BCUT2D eigenvalue weighted by atomic mass is 32.2. The van der Waals surface area contributed by atoms with Crippen molar-refractivity contribution in [1.82, 2.24) is 10.2 Å². The average molecular weight is 389 g/mol. The summed E-state index contributed by atoms with van der Waals surface area (Å²) in [4.78, 5) is 49.9. The van der Waals surface area contributed by atoms with Gasteiger partial charge in [0.2, 0.25) is 11.8 Å². The summed E-state index contributed by atoms with van der Waals surface area (Å²) in [7, 11) is 0. The number of rotatable bonds is 11. The maximum atomic E-state index is 12.6. The standard InChI is InChI=1S/C18H32N2O5S/c1-7-13(6)17(23)19-14(18(24)20(8-2)9-3)11-26-16(22)10-15(21)25-12(4)5/h12-14H,7-11H2,1-6H3,(H,19,23). The van der Waals surface area contributed by atoms with E-state index in [4.69, 9.17) is 4.74 Å². The number of esters is 1. The van der Waals surface area contributed by atoms with E-state index in [-0.39, 0.29) is 41.1 Å².